The van der Waals surface area contributed by atoms with E-state index in [1.165, 1.54) is 23.0 Å². The number of hydrogen-bond donors (Lipinski definition) is 2. The van der Waals surface area contributed by atoms with Gasteiger partial charge in [0.05, 0.1) is 0 Å². The Labute approximate surface area is 179 Å². The minimum Gasteiger partial charge on any atom is -0.334 e. The summed E-state index contributed by atoms with van der Waals surface area (Å²) in [6.45, 7) is 1.21. The maximum atomic E-state index is 12.6. The van der Waals surface area contributed by atoms with Crippen molar-refractivity contribution in [2.45, 2.75) is 24.6 Å². The second-order valence-electron chi connectivity index (χ2n) is 7.58. The Balaban J connectivity index is 1.81. The summed E-state index contributed by atoms with van der Waals surface area (Å²) < 4.78 is 25.5. The van der Waals surface area contributed by atoms with E-state index in [2.05, 4.69) is 4.98 Å². The molecule has 0 spiro atoms. The van der Waals surface area contributed by atoms with Crippen molar-refractivity contribution in [3.8, 4) is 22.5 Å². The van der Waals surface area contributed by atoms with Gasteiger partial charge >= 0.3 is 0 Å². The van der Waals surface area contributed by atoms with Crippen molar-refractivity contribution >= 4 is 15.7 Å². The Morgan fingerprint density at radius 2 is 1.77 bits per heavy atom. The van der Waals surface area contributed by atoms with Crippen LogP contribution in [-0.2, 0) is 28.2 Å². The minimum absolute atomic E-state index is 0.00575. The molecule has 3 aromatic rings. The third kappa shape index (κ3) is 4.44. The number of aryl methyl sites for hydroxylation is 2. The molecule has 0 aliphatic heterocycles. The molecule has 0 aliphatic carbocycles. The number of nitrogens with zero attached hydrogens (tertiary/aromatic N) is 3. The van der Waals surface area contributed by atoms with Gasteiger partial charge in [-0.3, -0.25) is 14.8 Å². The SMILES string of the molecule is Cn1ccnc1-c1ccc(-c2ccn(CCC(C)(C(=O)NO)S(C)(=O)=O)c(=O)c2)cc1. The van der Waals surface area contributed by atoms with Crippen LogP contribution in [0.1, 0.15) is 13.3 Å². The second kappa shape index (κ2) is 8.48. The van der Waals surface area contributed by atoms with Crippen LogP contribution in [0.25, 0.3) is 22.5 Å². The molecular formula is C21H24N4O5S. The van der Waals surface area contributed by atoms with Crippen LogP contribution in [0.5, 0.6) is 0 Å². The number of sulfone groups is 1. The standard InChI is InChI=1S/C21H24N4O5S/c1-21(20(27)23-28,31(3,29)30)9-12-25-11-8-17(14-18(25)26)15-4-6-16(7-5-15)19-22-10-13-24(19)2/h4-8,10-11,13-14,28H,9,12H2,1-3H3,(H,23,27). The van der Waals surface area contributed by atoms with Crippen molar-refractivity contribution in [3.63, 3.8) is 0 Å². The molecule has 10 heteroatoms. The highest BCUT2D eigenvalue weighted by atomic mass is 32.2. The molecule has 2 aromatic heterocycles. The van der Waals surface area contributed by atoms with E-state index in [1.807, 2.05) is 42.1 Å². The number of amides is 1. The Bertz CT molecular complexity index is 1260. The van der Waals surface area contributed by atoms with Gasteiger partial charge in [0.25, 0.3) is 11.5 Å². The van der Waals surface area contributed by atoms with Crippen molar-refractivity contribution in [2.75, 3.05) is 6.26 Å². The first-order valence-corrected chi connectivity index (χ1v) is 11.4. The Morgan fingerprint density at radius 1 is 1.13 bits per heavy atom. The second-order valence-corrected chi connectivity index (χ2v) is 10.0. The molecular weight excluding hydrogens is 420 g/mol. The van der Waals surface area contributed by atoms with Crippen LogP contribution in [-0.4, -0.2) is 44.7 Å². The molecule has 1 amide bonds. The number of hydrogen-bond acceptors (Lipinski definition) is 6. The third-order valence-electron chi connectivity index (χ3n) is 5.52. The first kappa shape index (κ1) is 22.4. The van der Waals surface area contributed by atoms with Gasteiger partial charge < -0.3 is 9.13 Å². The summed E-state index contributed by atoms with van der Waals surface area (Å²) in [4.78, 5) is 28.8. The summed E-state index contributed by atoms with van der Waals surface area (Å²) in [7, 11) is -1.92. The summed E-state index contributed by atoms with van der Waals surface area (Å²) in [5.41, 5.74) is 3.59. The van der Waals surface area contributed by atoms with Gasteiger partial charge in [-0.25, -0.2) is 18.9 Å². The van der Waals surface area contributed by atoms with Gasteiger partial charge in [-0.05, 0) is 30.5 Å². The lowest BCUT2D eigenvalue weighted by Gasteiger charge is -2.25. The summed E-state index contributed by atoms with van der Waals surface area (Å²) in [5, 5.41) is 8.91. The fourth-order valence-electron chi connectivity index (χ4n) is 3.25. The number of imidazole rings is 1. The van der Waals surface area contributed by atoms with Crippen molar-refractivity contribution < 1.29 is 18.4 Å². The molecule has 0 saturated carbocycles. The molecule has 3 rings (SSSR count). The highest BCUT2D eigenvalue weighted by Gasteiger charge is 2.43. The molecule has 9 nitrogen and oxygen atoms in total. The van der Waals surface area contributed by atoms with E-state index < -0.39 is 20.5 Å². The van der Waals surface area contributed by atoms with Gasteiger partial charge in [0.15, 0.2) is 14.6 Å². The first-order chi connectivity index (χ1) is 14.6. The van der Waals surface area contributed by atoms with Crippen LogP contribution in [0.3, 0.4) is 0 Å². The van der Waals surface area contributed by atoms with E-state index in [4.69, 9.17) is 5.21 Å². The molecule has 0 bridgehead atoms. The zero-order valence-electron chi connectivity index (χ0n) is 17.4. The molecule has 2 N–H and O–H groups in total. The van der Waals surface area contributed by atoms with E-state index in [9.17, 15) is 18.0 Å². The molecule has 164 valence electrons. The molecule has 2 heterocycles. The van der Waals surface area contributed by atoms with E-state index >= 15 is 0 Å². The zero-order valence-corrected chi connectivity index (χ0v) is 18.3. The van der Waals surface area contributed by atoms with Crippen LogP contribution in [0, 0.1) is 0 Å². The normalized spacial score (nSPS) is 13.5. The summed E-state index contributed by atoms with van der Waals surface area (Å²) >= 11 is 0. The summed E-state index contributed by atoms with van der Waals surface area (Å²) in [5.74, 6) is -0.199. The van der Waals surface area contributed by atoms with E-state index in [0.29, 0.717) is 5.56 Å². The van der Waals surface area contributed by atoms with Gasteiger partial charge in [0, 0.05) is 50.1 Å². The monoisotopic (exact) mass is 444 g/mol. The van der Waals surface area contributed by atoms with Crippen molar-refractivity contribution in [3.05, 3.63) is 65.3 Å². The molecule has 0 saturated heterocycles. The number of hydroxylamine groups is 1. The fraction of sp³-hybridized carbons (Fsp3) is 0.286. The van der Waals surface area contributed by atoms with Crippen LogP contribution < -0.4 is 11.0 Å². The molecule has 0 fully saturated rings. The van der Waals surface area contributed by atoms with E-state index in [-0.39, 0.29) is 18.5 Å². The van der Waals surface area contributed by atoms with Crippen LogP contribution in [0.15, 0.2) is 59.8 Å². The van der Waals surface area contributed by atoms with Crippen LogP contribution in [0.4, 0.5) is 0 Å². The number of nitrogens with one attached hydrogen (secondary N) is 1. The Kier molecular flexibility index (Phi) is 6.14. The lowest BCUT2D eigenvalue weighted by Crippen LogP contribution is -2.49. The highest BCUT2D eigenvalue weighted by molar-refractivity contribution is 7.92. The molecule has 1 unspecified atom stereocenters. The van der Waals surface area contributed by atoms with Crippen molar-refractivity contribution in [1.29, 1.82) is 0 Å². The Morgan fingerprint density at radius 3 is 2.29 bits per heavy atom. The van der Waals surface area contributed by atoms with Gasteiger partial charge in [-0.1, -0.05) is 24.3 Å². The fourth-order valence-corrected chi connectivity index (χ4v) is 4.09. The van der Waals surface area contributed by atoms with Crippen molar-refractivity contribution in [2.24, 2.45) is 7.05 Å². The number of rotatable bonds is 7. The summed E-state index contributed by atoms with van der Waals surface area (Å²) in [6, 6.07) is 10.9. The maximum Gasteiger partial charge on any atom is 0.264 e. The molecule has 1 aromatic carbocycles. The van der Waals surface area contributed by atoms with Gasteiger partial charge in [-0.2, -0.15) is 0 Å². The smallest absolute Gasteiger partial charge is 0.264 e. The topological polar surface area (TPSA) is 123 Å². The van der Waals surface area contributed by atoms with Gasteiger partial charge in [0.2, 0.25) is 0 Å². The number of carbonyl (C=O) groups excluding carboxylic acids is 1. The quantitative estimate of drug-likeness (QED) is 0.422. The molecule has 31 heavy (non-hydrogen) atoms. The largest absolute Gasteiger partial charge is 0.334 e. The third-order valence-corrected chi connectivity index (χ3v) is 7.55. The molecule has 0 radical (unpaired) electrons. The van der Waals surface area contributed by atoms with Crippen LogP contribution >= 0.6 is 0 Å². The number of benzene rings is 1. The lowest BCUT2D eigenvalue weighted by atomic mass is 10.0. The van der Waals surface area contributed by atoms with E-state index in [1.54, 1.807) is 18.5 Å². The van der Waals surface area contributed by atoms with Gasteiger partial charge in [-0.15, -0.1) is 0 Å². The zero-order chi connectivity index (χ0) is 22.8. The molecule has 1 atom stereocenters. The average Bonchev–Trinajstić information content (AvgIpc) is 3.17. The predicted molar refractivity (Wildman–Crippen MR) is 116 cm³/mol. The summed E-state index contributed by atoms with van der Waals surface area (Å²) in [6.07, 6.45) is 5.90. The lowest BCUT2D eigenvalue weighted by molar-refractivity contribution is -0.131. The number of carbonyl (C=O) groups is 1. The van der Waals surface area contributed by atoms with Crippen LogP contribution in [0.2, 0.25) is 0 Å². The average molecular weight is 445 g/mol. The van der Waals surface area contributed by atoms with E-state index in [0.717, 1.165) is 23.2 Å². The maximum absolute atomic E-state index is 12.6. The number of pyridine rings is 1. The molecule has 0 aliphatic rings. The van der Waals surface area contributed by atoms with Crippen molar-refractivity contribution in [1.82, 2.24) is 19.6 Å². The predicted octanol–water partition coefficient (Wildman–Crippen LogP) is 1.61. The highest BCUT2D eigenvalue weighted by Crippen LogP contribution is 2.24. The first-order valence-electron chi connectivity index (χ1n) is 9.49. The number of aromatic nitrogens is 3. The minimum atomic E-state index is -3.83. The Hall–Kier alpha value is -3.24. The van der Waals surface area contributed by atoms with Gasteiger partial charge in [0.1, 0.15) is 5.82 Å².